The molecule has 0 radical (unpaired) electrons. The first-order valence-electron chi connectivity index (χ1n) is 7.75. The molecule has 0 spiro atoms. The molecule has 0 aliphatic carbocycles. The lowest BCUT2D eigenvalue weighted by Crippen LogP contribution is -2.10. The Bertz CT molecular complexity index is 802. The minimum absolute atomic E-state index is 0.189. The number of benzene rings is 2. The number of halogens is 7. The van der Waals surface area contributed by atoms with E-state index < -0.39 is 42.2 Å². The molecule has 152 valence electrons. The summed E-state index contributed by atoms with van der Waals surface area (Å²) in [7, 11) is 0. The second-order valence-electron chi connectivity index (χ2n) is 5.63. The van der Waals surface area contributed by atoms with Crippen molar-refractivity contribution in [2.24, 2.45) is 0 Å². The SMILES string of the molecule is O=C(Cc1ccc(C(F)(F)F)cc1)Cc1ccc(OC(F)F)c(OC(F)F)c1. The summed E-state index contributed by atoms with van der Waals surface area (Å²) in [6, 6.07) is 7.15. The Morgan fingerprint density at radius 3 is 1.82 bits per heavy atom. The maximum absolute atomic E-state index is 12.5. The maximum atomic E-state index is 12.5. The second-order valence-corrected chi connectivity index (χ2v) is 5.63. The third-order valence-corrected chi connectivity index (χ3v) is 3.52. The summed E-state index contributed by atoms with van der Waals surface area (Å²) in [6.45, 7) is -6.55. The Balaban J connectivity index is 2.08. The van der Waals surface area contributed by atoms with Crippen LogP contribution in [0.1, 0.15) is 16.7 Å². The first-order valence-corrected chi connectivity index (χ1v) is 7.75. The van der Waals surface area contributed by atoms with Gasteiger partial charge in [0.15, 0.2) is 11.5 Å². The van der Waals surface area contributed by atoms with Crippen molar-refractivity contribution in [1.82, 2.24) is 0 Å². The van der Waals surface area contributed by atoms with E-state index in [1.54, 1.807) is 0 Å². The van der Waals surface area contributed by atoms with Crippen molar-refractivity contribution >= 4 is 5.78 Å². The summed E-state index contributed by atoms with van der Waals surface area (Å²) in [4.78, 5) is 12.1. The first-order chi connectivity index (χ1) is 13.0. The van der Waals surface area contributed by atoms with Gasteiger partial charge in [-0.2, -0.15) is 30.7 Å². The Labute approximate surface area is 154 Å². The Morgan fingerprint density at radius 2 is 1.29 bits per heavy atom. The van der Waals surface area contributed by atoms with Crippen molar-refractivity contribution in [3.8, 4) is 11.5 Å². The lowest BCUT2D eigenvalue weighted by molar-refractivity contribution is -0.137. The molecule has 0 saturated carbocycles. The van der Waals surface area contributed by atoms with Gasteiger partial charge < -0.3 is 9.47 Å². The van der Waals surface area contributed by atoms with Gasteiger partial charge in [0.25, 0.3) is 0 Å². The van der Waals surface area contributed by atoms with Gasteiger partial charge in [0.05, 0.1) is 5.56 Å². The van der Waals surface area contributed by atoms with Crippen LogP contribution >= 0.6 is 0 Å². The van der Waals surface area contributed by atoms with Gasteiger partial charge in [-0.3, -0.25) is 4.79 Å². The zero-order valence-electron chi connectivity index (χ0n) is 14.0. The molecular weight excluding hydrogens is 397 g/mol. The van der Waals surface area contributed by atoms with Crippen LogP contribution < -0.4 is 9.47 Å². The van der Waals surface area contributed by atoms with Crippen molar-refractivity contribution in [2.45, 2.75) is 32.2 Å². The minimum Gasteiger partial charge on any atom is -0.431 e. The van der Waals surface area contributed by atoms with Crippen LogP contribution in [0.15, 0.2) is 42.5 Å². The molecule has 0 aliphatic heterocycles. The van der Waals surface area contributed by atoms with Crippen molar-refractivity contribution in [3.63, 3.8) is 0 Å². The standard InChI is InChI=1S/C18H13F7O3/c19-16(20)27-14-6-3-11(9-15(14)28-17(21)22)8-13(26)7-10-1-4-12(5-2-10)18(23,24)25/h1-6,9,16-17H,7-8H2. The monoisotopic (exact) mass is 410 g/mol. The predicted molar refractivity (Wildman–Crippen MR) is 83.6 cm³/mol. The van der Waals surface area contributed by atoms with Crippen molar-refractivity contribution in [1.29, 1.82) is 0 Å². The normalized spacial score (nSPS) is 11.8. The summed E-state index contributed by atoms with van der Waals surface area (Å²) in [5, 5.41) is 0. The third kappa shape index (κ3) is 6.43. The van der Waals surface area contributed by atoms with Crippen LogP contribution in [0.2, 0.25) is 0 Å². The molecule has 2 aromatic carbocycles. The highest BCUT2D eigenvalue weighted by atomic mass is 19.4. The molecule has 2 rings (SSSR count). The molecule has 0 bridgehead atoms. The number of hydrogen-bond donors (Lipinski definition) is 0. The largest absolute Gasteiger partial charge is 0.431 e. The van der Waals surface area contributed by atoms with E-state index in [4.69, 9.17) is 0 Å². The highest BCUT2D eigenvalue weighted by molar-refractivity contribution is 5.83. The van der Waals surface area contributed by atoms with Gasteiger partial charge in [0.1, 0.15) is 5.78 Å². The van der Waals surface area contributed by atoms with E-state index in [-0.39, 0.29) is 18.4 Å². The van der Waals surface area contributed by atoms with Crippen LogP contribution in [0.5, 0.6) is 11.5 Å². The lowest BCUT2D eigenvalue weighted by atomic mass is 10.0. The zero-order chi connectivity index (χ0) is 20.9. The predicted octanol–water partition coefficient (Wildman–Crippen LogP) is 5.26. The summed E-state index contributed by atoms with van der Waals surface area (Å²) < 4.78 is 95.2. The lowest BCUT2D eigenvalue weighted by Gasteiger charge is -2.13. The number of carbonyl (C=O) groups is 1. The highest BCUT2D eigenvalue weighted by Gasteiger charge is 2.30. The molecule has 0 unspecified atom stereocenters. The number of Topliss-reactive ketones (excluding diaryl/α,β-unsaturated/α-hetero) is 1. The quantitative estimate of drug-likeness (QED) is 0.557. The van der Waals surface area contributed by atoms with E-state index in [1.165, 1.54) is 6.07 Å². The molecule has 0 atom stereocenters. The molecule has 2 aromatic rings. The molecular formula is C18H13F7O3. The summed E-state index contributed by atoms with van der Waals surface area (Å²) in [5.74, 6) is -1.70. The molecule has 0 N–H and O–H groups in total. The van der Waals surface area contributed by atoms with Crippen LogP contribution in [-0.4, -0.2) is 19.0 Å². The molecule has 28 heavy (non-hydrogen) atoms. The van der Waals surface area contributed by atoms with Crippen LogP contribution in [0.3, 0.4) is 0 Å². The molecule has 0 heterocycles. The minimum atomic E-state index is -4.49. The van der Waals surface area contributed by atoms with Crippen molar-refractivity contribution < 1.29 is 45.0 Å². The van der Waals surface area contributed by atoms with Gasteiger partial charge in [0, 0.05) is 12.8 Å². The number of ether oxygens (including phenoxy) is 2. The van der Waals surface area contributed by atoms with Gasteiger partial charge >= 0.3 is 19.4 Å². The van der Waals surface area contributed by atoms with Crippen LogP contribution in [0.4, 0.5) is 30.7 Å². The maximum Gasteiger partial charge on any atom is 0.416 e. The van der Waals surface area contributed by atoms with Crippen molar-refractivity contribution in [3.05, 3.63) is 59.2 Å². The fourth-order valence-electron chi connectivity index (χ4n) is 2.37. The number of rotatable bonds is 8. The summed E-state index contributed by atoms with van der Waals surface area (Å²) in [5.41, 5.74) is -0.332. The summed E-state index contributed by atoms with van der Waals surface area (Å²) >= 11 is 0. The number of hydrogen-bond acceptors (Lipinski definition) is 3. The molecule has 0 aromatic heterocycles. The molecule has 0 aliphatic rings. The van der Waals surface area contributed by atoms with E-state index in [2.05, 4.69) is 9.47 Å². The molecule has 0 saturated heterocycles. The zero-order valence-corrected chi connectivity index (χ0v) is 14.0. The van der Waals surface area contributed by atoms with Gasteiger partial charge in [0.2, 0.25) is 0 Å². The molecule has 3 nitrogen and oxygen atoms in total. The molecule has 0 amide bonds. The van der Waals surface area contributed by atoms with Gasteiger partial charge in [-0.15, -0.1) is 0 Å². The molecule has 10 heteroatoms. The third-order valence-electron chi connectivity index (χ3n) is 3.52. The van der Waals surface area contributed by atoms with E-state index in [9.17, 15) is 35.5 Å². The van der Waals surface area contributed by atoms with Gasteiger partial charge in [-0.25, -0.2) is 0 Å². The average Bonchev–Trinajstić information content (AvgIpc) is 2.56. The van der Waals surface area contributed by atoms with E-state index >= 15 is 0 Å². The van der Waals surface area contributed by atoms with E-state index in [0.29, 0.717) is 5.56 Å². The van der Waals surface area contributed by atoms with E-state index in [1.807, 2.05) is 0 Å². The van der Waals surface area contributed by atoms with Crippen LogP contribution in [0.25, 0.3) is 0 Å². The second kappa shape index (κ2) is 8.94. The van der Waals surface area contributed by atoms with E-state index in [0.717, 1.165) is 36.4 Å². The smallest absolute Gasteiger partial charge is 0.416 e. The topological polar surface area (TPSA) is 35.5 Å². The fourth-order valence-corrected chi connectivity index (χ4v) is 2.37. The summed E-state index contributed by atoms with van der Waals surface area (Å²) in [6.07, 6.45) is -4.96. The number of ketones is 1. The molecule has 0 fully saturated rings. The Morgan fingerprint density at radius 1 is 0.786 bits per heavy atom. The van der Waals surface area contributed by atoms with Crippen LogP contribution in [-0.2, 0) is 23.8 Å². The average molecular weight is 410 g/mol. The first kappa shape index (κ1) is 21.5. The number of carbonyl (C=O) groups excluding carboxylic acids is 1. The van der Waals surface area contributed by atoms with Crippen LogP contribution in [0, 0.1) is 0 Å². The number of alkyl halides is 7. The van der Waals surface area contributed by atoms with Crippen molar-refractivity contribution in [2.75, 3.05) is 0 Å². The van der Waals surface area contributed by atoms with Gasteiger partial charge in [-0.05, 0) is 35.4 Å². The Hall–Kier alpha value is -2.78. The van der Waals surface area contributed by atoms with Gasteiger partial charge in [-0.1, -0.05) is 18.2 Å². The highest BCUT2D eigenvalue weighted by Crippen LogP contribution is 2.32. The fraction of sp³-hybridized carbons (Fsp3) is 0.278. The Kier molecular flexibility index (Phi) is 6.87.